The second-order valence-corrected chi connectivity index (χ2v) is 6.09. The van der Waals surface area contributed by atoms with Gasteiger partial charge in [-0.15, -0.1) is 0 Å². The number of hydrogen-bond acceptors (Lipinski definition) is 4. The molecule has 0 bridgehead atoms. The first-order chi connectivity index (χ1) is 11.2. The summed E-state index contributed by atoms with van der Waals surface area (Å²) in [4.78, 5) is 33.0. The molecule has 7 nitrogen and oxygen atoms in total. The van der Waals surface area contributed by atoms with E-state index in [1.807, 2.05) is 13.8 Å². The molecule has 0 amide bonds. The number of aromatic nitrogens is 4. The number of fused-ring (bicyclic) bond motifs is 1. The Labute approximate surface area is 134 Å². The smallest absolute Gasteiger partial charge is 0.334 e. The summed E-state index contributed by atoms with van der Waals surface area (Å²) in [5, 5.41) is 0. The minimum atomic E-state index is -0.345. The van der Waals surface area contributed by atoms with E-state index in [1.165, 1.54) is 22.0 Å². The molecule has 2 aromatic heterocycles. The second-order valence-electron chi connectivity index (χ2n) is 6.09. The Kier molecular flexibility index (Phi) is 4.66. The molecule has 2 heterocycles. The molecule has 0 atom stereocenters. The predicted octanol–water partition coefficient (Wildman–Crippen LogP) is 1.95. The maximum atomic E-state index is 12.6. The van der Waals surface area contributed by atoms with Crippen LogP contribution in [-0.4, -0.2) is 25.7 Å². The van der Waals surface area contributed by atoms with Crippen LogP contribution in [0.2, 0.25) is 0 Å². The molecule has 0 spiro atoms. The highest BCUT2D eigenvalue weighted by Crippen LogP contribution is 2.32. The number of nitrogens with zero attached hydrogens (tertiary/aromatic N) is 3. The van der Waals surface area contributed by atoms with Gasteiger partial charge < -0.3 is 9.72 Å². The summed E-state index contributed by atoms with van der Waals surface area (Å²) in [5.74, 6) is 1.19. The van der Waals surface area contributed by atoms with Crippen LogP contribution in [0.3, 0.4) is 0 Å². The molecule has 0 saturated heterocycles. The molecule has 0 radical (unpaired) electrons. The first-order valence-electron chi connectivity index (χ1n) is 8.48. The summed E-state index contributed by atoms with van der Waals surface area (Å²) in [7, 11) is 0. The lowest BCUT2D eigenvalue weighted by Gasteiger charge is -2.10. The molecule has 1 fully saturated rings. The average molecular weight is 320 g/mol. The third-order valence-corrected chi connectivity index (χ3v) is 4.49. The quantitative estimate of drug-likeness (QED) is 0.882. The lowest BCUT2D eigenvalue weighted by Crippen LogP contribution is -2.40. The van der Waals surface area contributed by atoms with Crippen molar-refractivity contribution < 1.29 is 4.74 Å². The van der Waals surface area contributed by atoms with E-state index in [-0.39, 0.29) is 18.0 Å². The number of imidazole rings is 1. The standard InChI is InChI=1S/C16H24N4O3/c1-3-9-19-15(21)12-14(20(16(19)22)10-23-4-2)18-13(17-12)11-7-5-6-8-11/h11H,3-10H2,1-2H3,(H,17,18). The van der Waals surface area contributed by atoms with E-state index >= 15 is 0 Å². The zero-order valence-electron chi connectivity index (χ0n) is 13.8. The zero-order chi connectivity index (χ0) is 16.4. The van der Waals surface area contributed by atoms with Crippen LogP contribution in [0, 0.1) is 0 Å². The van der Waals surface area contributed by atoms with Crippen molar-refractivity contribution in [3.8, 4) is 0 Å². The van der Waals surface area contributed by atoms with Crippen LogP contribution in [0.25, 0.3) is 11.2 Å². The van der Waals surface area contributed by atoms with Crippen LogP contribution in [0.15, 0.2) is 9.59 Å². The van der Waals surface area contributed by atoms with Crippen molar-refractivity contribution in [2.45, 2.75) is 65.1 Å². The van der Waals surface area contributed by atoms with Crippen molar-refractivity contribution in [1.82, 2.24) is 19.1 Å². The van der Waals surface area contributed by atoms with Crippen LogP contribution in [0.4, 0.5) is 0 Å². The molecule has 2 aromatic rings. The molecule has 1 aliphatic carbocycles. The first-order valence-corrected chi connectivity index (χ1v) is 8.48. The van der Waals surface area contributed by atoms with Crippen molar-refractivity contribution in [2.24, 2.45) is 0 Å². The fraction of sp³-hybridized carbons (Fsp3) is 0.688. The molecule has 126 valence electrons. The van der Waals surface area contributed by atoms with Gasteiger partial charge in [-0.1, -0.05) is 19.8 Å². The highest BCUT2D eigenvalue weighted by Gasteiger charge is 2.23. The van der Waals surface area contributed by atoms with E-state index in [0.717, 1.165) is 25.1 Å². The highest BCUT2D eigenvalue weighted by molar-refractivity contribution is 5.70. The maximum Gasteiger partial charge on any atom is 0.334 e. The fourth-order valence-electron chi connectivity index (χ4n) is 3.30. The SMILES string of the molecule is CCCn1c(=O)c2[nH]c(C3CCCC3)nc2n(COCC)c1=O. The molecule has 0 aromatic carbocycles. The molecule has 0 unspecified atom stereocenters. The molecule has 1 aliphatic rings. The Morgan fingerprint density at radius 2 is 1.96 bits per heavy atom. The molecule has 1 saturated carbocycles. The lowest BCUT2D eigenvalue weighted by atomic mass is 10.1. The largest absolute Gasteiger partial charge is 0.361 e. The van der Waals surface area contributed by atoms with Gasteiger partial charge >= 0.3 is 5.69 Å². The lowest BCUT2D eigenvalue weighted by molar-refractivity contribution is 0.0860. The van der Waals surface area contributed by atoms with Crippen LogP contribution < -0.4 is 11.2 Å². The molecule has 7 heteroatoms. The summed E-state index contributed by atoms with van der Waals surface area (Å²) in [6.45, 7) is 4.84. The van der Waals surface area contributed by atoms with Gasteiger partial charge in [0.1, 0.15) is 18.1 Å². The monoisotopic (exact) mass is 320 g/mol. The van der Waals surface area contributed by atoms with E-state index in [4.69, 9.17) is 4.74 Å². The van der Waals surface area contributed by atoms with E-state index < -0.39 is 0 Å². The third-order valence-electron chi connectivity index (χ3n) is 4.49. The summed E-state index contributed by atoms with van der Waals surface area (Å²) < 4.78 is 8.15. The number of ether oxygens (including phenoxy) is 1. The van der Waals surface area contributed by atoms with E-state index in [0.29, 0.717) is 30.2 Å². The van der Waals surface area contributed by atoms with Crippen molar-refractivity contribution in [3.63, 3.8) is 0 Å². The fourth-order valence-corrected chi connectivity index (χ4v) is 3.30. The Morgan fingerprint density at radius 3 is 2.61 bits per heavy atom. The Hall–Kier alpha value is -1.89. The number of rotatable bonds is 6. The van der Waals surface area contributed by atoms with Crippen molar-refractivity contribution in [3.05, 3.63) is 26.7 Å². The number of nitrogens with one attached hydrogen (secondary N) is 1. The second kappa shape index (κ2) is 6.70. The van der Waals surface area contributed by atoms with Gasteiger partial charge in [0.15, 0.2) is 5.65 Å². The Morgan fingerprint density at radius 1 is 1.22 bits per heavy atom. The normalized spacial score (nSPS) is 15.7. The van der Waals surface area contributed by atoms with Crippen LogP contribution in [0.1, 0.15) is 57.7 Å². The molecule has 1 N–H and O–H groups in total. The van der Waals surface area contributed by atoms with Crippen molar-refractivity contribution >= 4 is 11.2 Å². The van der Waals surface area contributed by atoms with Gasteiger partial charge in [0, 0.05) is 19.1 Å². The molecular weight excluding hydrogens is 296 g/mol. The molecule has 3 rings (SSSR count). The van der Waals surface area contributed by atoms with Gasteiger partial charge in [-0.2, -0.15) is 0 Å². The Bertz CT molecular complexity index is 796. The number of H-pyrrole nitrogens is 1. The molecule has 0 aliphatic heterocycles. The van der Waals surface area contributed by atoms with E-state index in [1.54, 1.807) is 0 Å². The van der Waals surface area contributed by atoms with E-state index in [9.17, 15) is 9.59 Å². The Balaban J connectivity index is 2.19. The minimum absolute atomic E-state index is 0.116. The van der Waals surface area contributed by atoms with Gasteiger partial charge in [-0.25, -0.2) is 9.78 Å². The van der Waals surface area contributed by atoms with Crippen molar-refractivity contribution in [2.75, 3.05) is 6.61 Å². The topological polar surface area (TPSA) is 81.9 Å². The molecule has 23 heavy (non-hydrogen) atoms. The summed E-state index contributed by atoms with van der Waals surface area (Å²) in [6.07, 6.45) is 5.26. The third kappa shape index (κ3) is 2.85. The van der Waals surface area contributed by atoms with Gasteiger partial charge in [0.2, 0.25) is 0 Å². The average Bonchev–Trinajstić information content (AvgIpc) is 3.20. The van der Waals surface area contributed by atoms with Crippen molar-refractivity contribution in [1.29, 1.82) is 0 Å². The predicted molar refractivity (Wildman–Crippen MR) is 87.7 cm³/mol. The molecular formula is C16H24N4O3. The van der Waals surface area contributed by atoms with Gasteiger partial charge in [0.25, 0.3) is 5.56 Å². The zero-order valence-corrected chi connectivity index (χ0v) is 13.8. The summed E-state index contributed by atoms with van der Waals surface area (Å²) >= 11 is 0. The first kappa shape index (κ1) is 16.0. The number of hydrogen-bond donors (Lipinski definition) is 1. The van der Waals surface area contributed by atoms with Gasteiger partial charge in [-0.3, -0.25) is 13.9 Å². The number of aromatic amines is 1. The van der Waals surface area contributed by atoms with Gasteiger partial charge in [-0.05, 0) is 26.2 Å². The van der Waals surface area contributed by atoms with Gasteiger partial charge in [0.05, 0.1) is 0 Å². The summed E-state index contributed by atoms with van der Waals surface area (Å²) in [6, 6.07) is 0. The van der Waals surface area contributed by atoms with E-state index in [2.05, 4.69) is 9.97 Å². The maximum absolute atomic E-state index is 12.6. The highest BCUT2D eigenvalue weighted by atomic mass is 16.5. The van der Waals surface area contributed by atoms with Crippen LogP contribution >= 0.6 is 0 Å². The summed E-state index contributed by atoms with van der Waals surface area (Å²) in [5.41, 5.74) is 0.209. The van der Waals surface area contributed by atoms with Crippen LogP contribution in [-0.2, 0) is 18.0 Å². The van der Waals surface area contributed by atoms with Crippen LogP contribution in [0.5, 0.6) is 0 Å². The minimum Gasteiger partial charge on any atom is -0.361 e.